The number of alkyl halides is 3. The highest BCUT2D eigenvalue weighted by Crippen LogP contribution is 2.37. The molecule has 0 amide bonds. The fourth-order valence-electron chi connectivity index (χ4n) is 3.65. The van der Waals surface area contributed by atoms with E-state index in [1.54, 1.807) is 36.4 Å². The first-order chi connectivity index (χ1) is 15.6. The number of ether oxygens (including phenoxy) is 1. The van der Waals surface area contributed by atoms with E-state index in [1.807, 2.05) is 0 Å². The maximum Gasteiger partial charge on any atom is 0.416 e. The largest absolute Gasteiger partial charge is 0.489 e. The summed E-state index contributed by atoms with van der Waals surface area (Å²) < 4.78 is 72.9. The number of sulfonamides is 1. The molecule has 0 spiro atoms. The van der Waals surface area contributed by atoms with Crippen LogP contribution in [0, 0.1) is 0 Å². The summed E-state index contributed by atoms with van der Waals surface area (Å²) in [7, 11) is -4.22. The van der Waals surface area contributed by atoms with Gasteiger partial charge in [-0.05, 0) is 54.8 Å². The van der Waals surface area contributed by atoms with Gasteiger partial charge in [0.1, 0.15) is 12.4 Å². The third kappa shape index (κ3) is 4.93. The van der Waals surface area contributed by atoms with E-state index in [1.165, 1.54) is 6.07 Å². The first kappa shape index (κ1) is 23.7. The highest BCUT2D eigenvalue weighted by Gasteiger charge is 2.34. The zero-order valence-corrected chi connectivity index (χ0v) is 19.4. The second-order valence-electron chi connectivity index (χ2n) is 7.49. The molecule has 0 saturated carbocycles. The van der Waals surface area contributed by atoms with Gasteiger partial charge in [0.2, 0.25) is 0 Å². The van der Waals surface area contributed by atoms with E-state index in [0.29, 0.717) is 46.0 Å². The lowest BCUT2D eigenvalue weighted by Gasteiger charge is -2.31. The second-order valence-corrected chi connectivity index (χ2v) is 10.2. The predicted molar refractivity (Wildman–Crippen MR) is 122 cm³/mol. The molecule has 1 heterocycles. The van der Waals surface area contributed by atoms with E-state index in [0.717, 1.165) is 22.0 Å². The van der Waals surface area contributed by atoms with Gasteiger partial charge in [-0.1, -0.05) is 41.4 Å². The summed E-state index contributed by atoms with van der Waals surface area (Å²) in [5.74, 6) is 0.385. The van der Waals surface area contributed by atoms with Crippen LogP contribution in [0.2, 0.25) is 10.0 Å². The van der Waals surface area contributed by atoms with Crippen LogP contribution in [0.3, 0.4) is 0 Å². The quantitative estimate of drug-likeness (QED) is 0.378. The molecule has 0 bridgehead atoms. The predicted octanol–water partition coefficient (Wildman–Crippen LogP) is 6.73. The van der Waals surface area contributed by atoms with Crippen molar-refractivity contribution < 1.29 is 26.3 Å². The van der Waals surface area contributed by atoms with Crippen LogP contribution in [0.25, 0.3) is 0 Å². The molecule has 0 unspecified atom stereocenters. The van der Waals surface area contributed by atoms with E-state index < -0.39 is 26.7 Å². The van der Waals surface area contributed by atoms with Crippen molar-refractivity contribution in [2.75, 3.05) is 10.8 Å². The van der Waals surface area contributed by atoms with E-state index in [9.17, 15) is 21.6 Å². The molecule has 4 rings (SSSR count). The van der Waals surface area contributed by atoms with Gasteiger partial charge in [-0.2, -0.15) is 13.2 Å². The van der Waals surface area contributed by atoms with Crippen LogP contribution in [0.5, 0.6) is 5.75 Å². The molecule has 10 heteroatoms. The second kappa shape index (κ2) is 9.08. The minimum absolute atomic E-state index is 0.0671. The summed E-state index contributed by atoms with van der Waals surface area (Å²) in [6.07, 6.45) is -3.46. The topological polar surface area (TPSA) is 46.6 Å². The Morgan fingerprint density at radius 3 is 2.36 bits per heavy atom. The zero-order chi connectivity index (χ0) is 23.8. The van der Waals surface area contributed by atoms with Crippen molar-refractivity contribution >= 4 is 38.9 Å². The Morgan fingerprint density at radius 1 is 0.970 bits per heavy atom. The summed E-state index contributed by atoms with van der Waals surface area (Å²) in [5.41, 5.74) is 0.711. The van der Waals surface area contributed by atoms with Gasteiger partial charge in [0, 0.05) is 28.2 Å². The average Bonchev–Trinajstić information content (AvgIpc) is 2.77. The van der Waals surface area contributed by atoms with Gasteiger partial charge >= 0.3 is 6.18 Å². The van der Waals surface area contributed by atoms with Crippen LogP contribution < -0.4 is 9.04 Å². The van der Waals surface area contributed by atoms with E-state index >= 15 is 0 Å². The maximum absolute atomic E-state index is 13.3. The molecule has 33 heavy (non-hydrogen) atoms. The lowest BCUT2D eigenvalue weighted by Crippen LogP contribution is -2.35. The van der Waals surface area contributed by atoms with Crippen molar-refractivity contribution in [3.05, 3.63) is 87.4 Å². The molecule has 0 atom stereocenters. The summed E-state index contributed by atoms with van der Waals surface area (Å²) in [6.45, 7) is 0.211. The Balaban J connectivity index is 1.66. The SMILES string of the molecule is O=S(=O)(c1cccc(C(F)(F)F)c1)N1CCCc2ccc(OCc3c(Cl)cccc3Cl)cc21. The number of fused-ring (bicyclic) bond motifs is 1. The van der Waals surface area contributed by atoms with Crippen LogP contribution in [0.1, 0.15) is 23.1 Å². The molecule has 0 N–H and O–H groups in total. The van der Waals surface area contributed by atoms with Crippen molar-refractivity contribution in [2.24, 2.45) is 0 Å². The average molecular weight is 516 g/mol. The number of hydrogen-bond donors (Lipinski definition) is 0. The van der Waals surface area contributed by atoms with Gasteiger partial charge in [-0.15, -0.1) is 0 Å². The molecule has 1 aliphatic heterocycles. The Kier molecular flexibility index (Phi) is 6.53. The number of rotatable bonds is 5. The van der Waals surface area contributed by atoms with Crippen LogP contribution in [0.15, 0.2) is 65.6 Å². The monoisotopic (exact) mass is 515 g/mol. The van der Waals surface area contributed by atoms with Crippen molar-refractivity contribution in [2.45, 2.75) is 30.5 Å². The van der Waals surface area contributed by atoms with E-state index in [4.69, 9.17) is 27.9 Å². The van der Waals surface area contributed by atoms with Crippen molar-refractivity contribution in [3.63, 3.8) is 0 Å². The molecular formula is C23H18Cl2F3NO3S. The third-order valence-corrected chi connectivity index (χ3v) is 7.84. The van der Waals surface area contributed by atoms with Gasteiger partial charge in [0.25, 0.3) is 10.0 Å². The number of aryl methyl sites for hydroxylation is 1. The third-order valence-electron chi connectivity index (χ3n) is 5.33. The first-order valence-electron chi connectivity index (χ1n) is 9.96. The summed E-state index contributed by atoms with van der Waals surface area (Å²) in [5, 5.41) is 0.878. The molecule has 0 aliphatic carbocycles. The van der Waals surface area contributed by atoms with Crippen molar-refractivity contribution in [1.29, 1.82) is 0 Å². The number of benzene rings is 3. The Hall–Kier alpha value is -2.42. The lowest BCUT2D eigenvalue weighted by molar-refractivity contribution is -0.137. The number of anilines is 1. The standard InChI is InChI=1S/C23H18Cl2F3NO3S/c24-20-7-2-8-21(25)19(20)14-32-17-10-9-15-4-3-11-29(22(15)13-17)33(30,31)18-6-1-5-16(12-18)23(26,27)28/h1-2,5-10,12-13H,3-4,11,14H2. The minimum atomic E-state index is -4.65. The Bertz CT molecular complexity index is 1280. The minimum Gasteiger partial charge on any atom is -0.489 e. The van der Waals surface area contributed by atoms with Crippen LogP contribution in [0.4, 0.5) is 18.9 Å². The molecule has 4 nitrogen and oxygen atoms in total. The van der Waals surface area contributed by atoms with Crippen molar-refractivity contribution in [1.82, 2.24) is 0 Å². The molecule has 1 aliphatic rings. The van der Waals surface area contributed by atoms with Gasteiger partial charge < -0.3 is 4.74 Å². The van der Waals surface area contributed by atoms with E-state index in [2.05, 4.69) is 0 Å². The Labute approximate surface area is 199 Å². The molecule has 0 radical (unpaired) electrons. The molecule has 3 aromatic carbocycles. The zero-order valence-electron chi connectivity index (χ0n) is 17.1. The summed E-state index contributed by atoms with van der Waals surface area (Å²) in [4.78, 5) is -0.417. The fraction of sp³-hybridized carbons (Fsp3) is 0.217. The van der Waals surface area contributed by atoms with Crippen LogP contribution >= 0.6 is 23.2 Å². The molecule has 174 valence electrons. The summed E-state index contributed by atoms with van der Waals surface area (Å²) in [6, 6.07) is 13.9. The first-order valence-corrected chi connectivity index (χ1v) is 12.2. The normalized spacial score (nSPS) is 14.2. The van der Waals surface area contributed by atoms with Crippen LogP contribution in [-0.4, -0.2) is 15.0 Å². The number of nitrogens with zero attached hydrogens (tertiary/aromatic N) is 1. The molecule has 0 fully saturated rings. The van der Waals surface area contributed by atoms with Gasteiger partial charge in [-0.3, -0.25) is 4.31 Å². The maximum atomic E-state index is 13.3. The smallest absolute Gasteiger partial charge is 0.416 e. The number of hydrogen-bond acceptors (Lipinski definition) is 3. The van der Waals surface area contributed by atoms with Gasteiger partial charge in [-0.25, -0.2) is 8.42 Å². The lowest BCUT2D eigenvalue weighted by atomic mass is 10.0. The molecular weight excluding hydrogens is 498 g/mol. The van der Waals surface area contributed by atoms with Crippen molar-refractivity contribution in [3.8, 4) is 5.75 Å². The fourth-order valence-corrected chi connectivity index (χ4v) is 5.73. The van der Waals surface area contributed by atoms with E-state index in [-0.39, 0.29) is 13.2 Å². The molecule has 0 saturated heterocycles. The molecule has 0 aromatic heterocycles. The summed E-state index contributed by atoms with van der Waals surface area (Å²) >= 11 is 12.3. The molecule has 3 aromatic rings. The van der Waals surface area contributed by atoms with Gasteiger partial charge in [0.05, 0.1) is 16.1 Å². The highest BCUT2D eigenvalue weighted by molar-refractivity contribution is 7.92. The van der Waals surface area contributed by atoms with Gasteiger partial charge in [0.15, 0.2) is 0 Å². The highest BCUT2D eigenvalue weighted by atomic mass is 35.5. The Morgan fingerprint density at radius 2 is 1.67 bits per heavy atom. The van der Waals surface area contributed by atoms with Crippen LogP contribution in [-0.2, 0) is 29.2 Å². The number of halogens is 5.